The lowest BCUT2D eigenvalue weighted by atomic mass is 10.0. The van der Waals surface area contributed by atoms with Crippen LogP contribution in [0.1, 0.15) is 102 Å². The highest BCUT2D eigenvalue weighted by Gasteiger charge is 2.19. The zero-order valence-electron chi connectivity index (χ0n) is 17.1. The molecule has 0 saturated carbocycles. The van der Waals surface area contributed by atoms with E-state index >= 15 is 0 Å². The molecule has 0 aromatic heterocycles. The van der Waals surface area contributed by atoms with E-state index in [4.69, 9.17) is 5.26 Å². The monoisotopic (exact) mass is 398 g/mol. The molecule has 5 heteroatoms. The molecular weight excluding hydrogens is 359 g/mol. The highest BCUT2D eigenvalue weighted by atomic mass is 31.2. The highest BCUT2D eigenvalue weighted by Crippen LogP contribution is 2.44. The molecule has 0 fully saturated rings. The van der Waals surface area contributed by atoms with Crippen molar-refractivity contribution in [2.24, 2.45) is 0 Å². The molecule has 0 bridgehead atoms. The minimum atomic E-state index is -3.91. The predicted octanol–water partition coefficient (Wildman–Crippen LogP) is 7.50. The van der Waals surface area contributed by atoms with Crippen LogP contribution in [0.25, 0.3) is 0 Å². The molecule has 0 aliphatic rings. The normalized spacial score (nSPS) is 13.6. The van der Waals surface area contributed by atoms with Crippen LogP contribution < -0.4 is 0 Å². The highest BCUT2D eigenvalue weighted by molar-refractivity contribution is 7.51. The number of unbranched alkanes of at least 4 members (excludes halogenated alkanes) is 12. The number of aryl methyl sites for hydroxylation is 1. The van der Waals surface area contributed by atoms with Crippen molar-refractivity contribution in [1.82, 2.24) is 0 Å². The van der Waals surface area contributed by atoms with E-state index in [2.05, 4.69) is 11.6 Å². The van der Waals surface area contributed by atoms with Crippen LogP contribution in [0, 0.1) is 0 Å². The van der Waals surface area contributed by atoms with E-state index in [1.807, 2.05) is 24.3 Å². The second-order valence-corrected chi connectivity index (χ2v) is 9.44. The molecule has 0 amide bonds. The first-order chi connectivity index (χ1) is 13.1. The van der Waals surface area contributed by atoms with Crippen LogP contribution in [0.5, 0.6) is 0 Å². The Bertz CT molecular complexity index is 516. The quantitative estimate of drug-likeness (QED) is 0.123. The van der Waals surface area contributed by atoms with Gasteiger partial charge in [-0.2, -0.15) is 4.67 Å². The molecule has 0 aliphatic carbocycles. The van der Waals surface area contributed by atoms with Gasteiger partial charge in [0.15, 0.2) is 0 Å². The van der Waals surface area contributed by atoms with E-state index in [1.54, 1.807) is 0 Å². The van der Waals surface area contributed by atoms with Gasteiger partial charge in [0.05, 0.1) is 6.16 Å². The molecule has 0 aliphatic heterocycles. The second kappa shape index (κ2) is 15.3. The van der Waals surface area contributed by atoms with Gasteiger partial charge >= 0.3 is 7.60 Å². The Balaban J connectivity index is 1.97. The van der Waals surface area contributed by atoms with Crippen molar-refractivity contribution in [1.29, 1.82) is 0 Å². The summed E-state index contributed by atoms with van der Waals surface area (Å²) in [5.74, 6) is 0. The summed E-state index contributed by atoms with van der Waals surface area (Å²) in [6.45, 7) is 2.27. The maximum atomic E-state index is 11.3. The topological polar surface area (TPSA) is 66.8 Å². The molecule has 156 valence electrons. The Labute approximate surface area is 165 Å². The SMILES string of the molecule is CCCCCCCCCCCCCCCc1ccc(CP(=O)(O)OO)cc1. The molecule has 0 saturated heterocycles. The maximum absolute atomic E-state index is 11.3. The van der Waals surface area contributed by atoms with Crippen molar-refractivity contribution in [2.45, 2.75) is 103 Å². The first-order valence-electron chi connectivity index (χ1n) is 10.8. The van der Waals surface area contributed by atoms with Crippen molar-refractivity contribution in [3.05, 3.63) is 35.4 Å². The molecule has 0 spiro atoms. The van der Waals surface area contributed by atoms with Crippen molar-refractivity contribution < 1.29 is 19.4 Å². The third kappa shape index (κ3) is 13.2. The van der Waals surface area contributed by atoms with Crippen molar-refractivity contribution >= 4 is 7.60 Å². The predicted molar refractivity (Wildman–Crippen MR) is 113 cm³/mol. The Kier molecular flexibility index (Phi) is 13.8. The molecular formula is C22H39O4P. The van der Waals surface area contributed by atoms with Gasteiger partial charge in [-0.25, -0.2) is 5.26 Å². The average Bonchev–Trinajstić information content (AvgIpc) is 2.66. The Hall–Kier alpha value is -0.670. The molecule has 27 heavy (non-hydrogen) atoms. The van der Waals surface area contributed by atoms with Gasteiger partial charge in [-0.05, 0) is 24.0 Å². The zero-order chi connectivity index (χ0) is 19.8. The molecule has 1 unspecified atom stereocenters. The van der Waals surface area contributed by atoms with Gasteiger partial charge in [0.25, 0.3) is 0 Å². The van der Waals surface area contributed by atoms with Crippen LogP contribution in [0.2, 0.25) is 0 Å². The van der Waals surface area contributed by atoms with E-state index in [0.29, 0.717) is 5.56 Å². The van der Waals surface area contributed by atoms with Gasteiger partial charge in [-0.1, -0.05) is 108 Å². The van der Waals surface area contributed by atoms with Gasteiger partial charge in [-0.3, -0.25) is 4.57 Å². The first kappa shape index (κ1) is 24.4. The smallest absolute Gasteiger partial charge is 0.323 e. The summed E-state index contributed by atoms with van der Waals surface area (Å²) in [6, 6.07) is 7.65. The van der Waals surface area contributed by atoms with Crippen molar-refractivity contribution in [2.75, 3.05) is 0 Å². The van der Waals surface area contributed by atoms with Crippen molar-refractivity contribution in [3.8, 4) is 0 Å². The standard InChI is InChI=1S/C22H39O4P/c1-2-3-4-5-6-7-8-9-10-11-12-13-14-15-21-16-18-22(19-17-21)20-27(24,25)26-23/h16-19,23H,2-15,20H2,1H3,(H,24,25). The first-order valence-corrected chi connectivity index (χ1v) is 12.6. The third-order valence-electron chi connectivity index (χ3n) is 5.10. The molecule has 1 aromatic carbocycles. The minimum absolute atomic E-state index is 0.164. The van der Waals surface area contributed by atoms with Gasteiger partial charge in [0.2, 0.25) is 0 Å². The Morgan fingerprint density at radius 2 is 1.15 bits per heavy atom. The lowest BCUT2D eigenvalue weighted by Crippen LogP contribution is -1.92. The molecule has 0 heterocycles. The van der Waals surface area contributed by atoms with E-state index < -0.39 is 7.60 Å². The van der Waals surface area contributed by atoms with Gasteiger partial charge in [0, 0.05) is 0 Å². The van der Waals surface area contributed by atoms with Crippen LogP contribution in [-0.4, -0.2) is 10.2 Å². The summed E-state index contributed by atoms with van der Waals surface area (Å²) in [4.78, 5) is 9.26. The van der Waals surface area contributed by atoms with Crippen molar-refractivity contribution in [3.63, 3.8) is 0 Å². The summed E-state index contributed by atoms with van der Waals surface area (Å²) in [5.41, 5.74) is 1.95. The zero-order valence-corrected chi connectivity index (χ0v) is 18.0. The second-order valence-electron chi connectivity index (χ2n) is 7.69. The number of rotatable bonds is 17. The number of benzene rings is 1. The molecule has 1 aromatic rings. The van der Waals surface area contributed by atoms with Gasteiger partial charge < -0.3 is 4.89 Å². The summed E-state index contributed by atoms with van der Waals surface area (Å²) in [5, 5.41) is 8.38. The molecule has 4 nitrogen and oxygen atoms in total. The fraction of sp³-hybridized carbons (Fsp3) is 0.727. The average molecular weight is 399 g/mol. The molecule has 2 N–H and O–H groups in total. The van der Waals surface area contributed by atoms with Crippen LogP contribution in [0.15, 0.2) is 24.3 Å². The van der Waals surface area contributed by atoms with E-state index in [1.165, 1.54) is 89.0 Å². The van der Waals surface area contributed by atoms with Crippen LogP contribution in [-0.2, 0) is 21.8 Å². The number of hydrogen-bond donors (Lipinski definition) is 2. The van der Waals surface area contributed by atoms with Crippen LogP contribution in [0.3, 0.4) is 0 Å². The Morgan fingerprint density at radius 1 is 0.741 bits per heavy atom. The fourth-order valence-corrected chi connectivity index (χ4v) is 4.15. The summed E-state index contributed by atoms with van der Waals surface area (Å²) < 4.78 is 15.0. The van der Waals surface area contributed by atoms with E-state index in [0.717, 1.165) is 6.42 Å². The largest absolute Gasteiger partial charge is 0.359 e. The Morgan fingerprint density at radius 3 is 1.59 bits per heavy atom. The summed E-state index contributed by atoms with van der Waals surface area (Å²) >= 11 is 0. The van der Waals surface area contributed by atoms with Gasteiger partial charge in [0.1, 0.15) is 0 Å². The maximum Gasteiger partial charge on any atom is 0.359 e. The summed E-state index contributed by atoms with van der Waals surface area (Å²) in [6.07, 6.45) is 18.6. The lowest BCUT2D eigenvalue weighted by Gasteiger charge is -2.08. The lowest BCUT2D eigenvalue weighted by molar-refractivity contribution is -0.146. The molecule has 0 radical (unpaired) electrons. The molecule has 1 atom stereocenters. The molecule has 1 rings (SSSR count). The van der Waals surface area contributed by atoms with Crippen LogP contribution >= 0.6 is 7.60 Å². The van der Waals surface area contributed by atoms with Crippen LogP contribution in [0.4, 0.5) is 0 Å². The summed E-state index contributed by atoms with van der Waals surface area (Å²) in [7, 11) is -3.91. The fourth-order valence-electron chi connectivity index (χ4n) is 3.42. The van der Waals surface area contributed by atoms with Gasteiger partial charge in [-0.15, -0.1) is 0 Å². The minimum Gasteiger partial charge on any atom is -0.323 e. The van der Waals surface area contributed by atoms with E-state index in [9.17, 15) is 9.46 Å². The number of hydrogen-bond acceptors (Lipinski definition) is 3. The van der Waals surface area contributed by atoms with E-state index in [-0.39, 0.29) is 6.16 Å². The third-order valence-corrected chi connectivity index (χ3v) is 6.12.